The molecule has 0 spiro atoms. The second-order valence-corrected chi connectivity index (χ2v) is 9.84. The summed E-state index contributed by atoms with van der Waals surface area (Å²) in [7, 11) is 1.83. The van der Waals surface area contributed by atoms with Gasteiger partial charge in [0.25, 0.3) is 6.43 Å². The van der Waals surface area contributed by atoms with Crippen molar-refractivity contribution >= 4 is 27.9 Å². The molecule has 2 aliphatic rings. The Bertz CT molecular complexity index is 1100. The van der Waals surface area contributed by atoms with E-state index in [1.54, 1.807) is 6.20 Å². The third-order valence-corrected chi connectivity index (χ3v) is 7.37. The monoisotopic (exact) mass is 496 g/mol. The third-order valence-electron chi connectivity index (χ3n) is 7.37. The lowest BCUT2D eigenvalue weighted by Crippen LogP contribution is -2.37. The van der Waals surface area contributed by atoms with E-state index in [-0.39, 0.29) is 12.5 Å². The first-order chi connectivity index (χ1) is 17.5. The van der Waals surface area contributed by atoms with E-state index in [0.717, 1.165) is 71.6 Å². The maximum Gasteiger partial charge on any atom is 0.251 e. The molecule has 0 atom stereocenters. The molecule has 36 heavy (non-hydrogen) atoms. The fourth-order valence-electron chi connectivity index (χ4n) is 5.27. The van der Waals surface area contributed by atoms with Gasteiger partial charge in [-0.15, -0.1) is 0 Å². The Labute approximate surface area is 213 Å². The quantitative estimate of drug-likeness (QED) is 0.479. The molecule has 0 amide bonds. The molecule has 0 radical (unpaired) electrons. The van der Waals surface area contributed by atoms with Gasteiger partial charge < -0.3 is 11.1 Å². The highest BCUT2D eigenvalue weighted by atomic mass is 19.3. The fraction of sp³-hybridized carbons (Fsp3) is 0.500. The van der Waals surface area contributed by atoms with Gasteiger partial charge in [-0.3, -0.25) is 14.8 Å². The van der Waals surface area contributed by atoms with Gasteiger partial charge in [-0.1, -0.05) is 25.1 Å². The predicted molar refractivity (Wildman–Crippen MR) is 145 cm³/mol. The first kappa shape index (κ1) is 26.2. The zero-order valence-corrected chi connectivity index (χ0v) is 21.2. The van der Waals surface area contributed by atoms with Crippen molar-refractivity contribution in [3.8, 4) is 0 Å². The summed E-state index contributed by atoms with van der Waals surface area (Å²) in [6, 6.07) is 8.29. The number of nitrogens with two attached hydrogens (primary N) is 1. The molecule has 8 heteroatoms. The Hall–Kier alpha value is -2.84. The lowest BCUT2D eigenvalue weighted by atomic mass is 9.94. The number of hydrogen-bond acceptors (Lipinski definition) is 6. The van der Waals surface area contributed by atoms with Crippen LogP contribution in [0.15, 0.2) is 53.9 Å². The fourth-order valence-corrected chi connectivity index (χ4v) is 5.27. The van der Waals surface area contributed by atoms with Gasteiger partial charge in [-0.2, -0.15) is 0 Å². The highest BCUT2D eigenvalue weighted by Gasteiger charge is 2.23. The van der Waals surface area contributed by atoms with Crippen LogP contribution in [-0.4, -0.2) is 73.2 Å². The second kappa shape index (κ2) is 12.4. The van der Waals surface area contributed by atoms with Crippen LogP contribution in [0.25, 0.3) is 16.3 Å². The number of allylic oxidation sites excluding steroid dienone is 1. The maximum absolute atomic E-state index is 12.7. The second-order valence-electron chi connectivity index (χ2n) is 9.84. The Kier molecular flexibility index (Phi) is 9.04. The zero-order chi connectivity index (χ0) is 25.5. The molecule has 2 saturated heterocycles. The predicted octanol–water partition coefficient (Wildman–Crippen LogP) is 4.99. The van der Waals surface area contributed by atoms with Crippen LogP contribution in [0.4, 0.5) is 14.6 Å². The van der Waals surface area contributed by atoms with Gasteiger partial charge in [0, 0.05) is 48.6 Å². The lowest BCUT2D eigenvalue weighted by Gasteiger charge is -2.32. The first-order valence-electron chi connectivity index (χ1n) is 12.9. The van der Waals surface area contributed by atoms with Crippen LogP contribution in [0, 0.1) is 5.92 Å². The minimum Gasteiger partial charge on any atom is -0.404 e. The van der Waals surface area contributed by atoms with Crippen LogP contribution in [0.3, 0.4) is 0 Å². The van der Waals surface area contributed by atoms with Crippen molar-refractivity contribution in [2.75, 3.05) is 51.6 Å². The summed E-state index contributed by atoms with van der Waals surface area (Å²) in [5, 5.41) is 5.46. The average molecular weight is 497 g/mol. The number of fused-ring (bicyclic) bond motifs is 1. The van der Waals surface area contributed by atoms with Crippen molar-refractivity contribution in [2.45, 2.75) is 38.5 Å². The summed E-state index contributed by atoms with van der Waals surface area (Å²) in [6.07, 6.45) is 6.63. The minimum atomic E-state index is -2.28. The van der Waals surface area contributed by atoms with Crippen LogP contribution in [0.1, 0.15) is 37.7 Å². The number of likely N-dealkylation sites (tertiary alicyclic amines) is 2. The molecule has 1 aromatic heterocycles. The van der Waals surface area contributed by atoms with Gasteiger partial charge >= 0.3 is 0 Å². The number of rotatable bonds is 9. The van der Waals surface area contributed by atoms with Gasteiger partial charge in [-0.05, 0) is 74.9 Å². The number of aromatic nitrogens is 1. The van der Waals surface area contributed by atoms with Crippen molar-refractivity contribution < 1.29 is 8.78 Å². The molecule has 0 aliphatic carbocycles. The van der Waals surface area contributed by atoms with Gasteiger partial charge in [-0.25, -0.2) is 13.8 Å². The molecule has 4 rings (SSSR count). The van der Waals surface area contributed by atoms with Gasteiger partial charge in [0.2, 0.25) is 0 Å². The normalized spacial score (nSPS) is 19.2. The van der Waals surface area contributed by atoms with Crippen molar-refractivity contribution in [2.24, 2.45) is 16.6 Å². The number of anilines is 1. The first-order valence-corrected chi connectivity index (χ1v) is 12.9. The number of alkyl halides is 2. The number of nitrogens with one attached hydrogen (secondary N) is 1. The zero-order valence-electron chi connectivity index (χ0n) is 21.2. The molecule has 2 aromatic rings. The maximum atomic E-state index is 12.7. The molecular formula is C28H38F2N6. The molecule has 0 unspecified atom stereocenters. The Morgan fingerprint density at radius 3 is 2.56 bits per heavy atom. The summed E-state index contributed by atoms with van der Waals surface area (Å²) in [5.74, 6) is 0.975. The summed E-state index contributed by atoms with van der Waals surface area (Å²) in [5.41, 5.74) is 9.98. The Balaban J connectivity index is 1.45. The lowest BCUT2D eigenvalue weighted by molar-refractivity contribution is 0.0725. The van der Waals surface area contributed by atoms with Crippen LogP contribution in [0.2, 0.25) is 0 Å². The number of pyridine rings is 1. The van der Waals surface area contributed by atoms with E-state index in [1.807, 2.05) is 24.2 Å². The standard InChI is InChI=1S/C28H38F2N6/c1-20(21-8-12-36(13-9-21)19-27(29)30)34-28-15-24-14-22(6-7-23(24)17-33-28)25(16-31)26(32-2)18-35-10-4-3-5-11-35/h6-7,14-17,21,27H,1,3-5,8-13,18-19,31H2,2H3,(H,33,34). The molecule has 2 fully saturated rings. The molecule has 1 aromatic carbocycles. The molecule has 194 valence electrons. The molecule has 0 bridgehead atoms. The molecule has 3 N–H and O–H groups in total. The summed E-state index contributed by atoms with van der Waals surface area (Å²) >= 11 is 0. The Morgan fingerprint density at radius 2 is 1.89 bits per heavy atom. The topological polar surface area (TPSA) is 69.8 Å². The van der Waals surface area contributed by atoms with Gasteiger partial charge in [0.1, 0.15) is 5.82 Å². The van der Waals surface area contributed by atoms with E-state index in [0.29, 0.717) is 13.1 Å². The molecule has 6 nitrogen and oxygen atoms in total. The molecule has 3 heterocycles. The number of piperidine rings is 2. The SMILES string of the molecule is C=C(Nc1cc2cc(C(=CN)C(CN3CCCCC3)=NC)ccc2cn1)C1CCN(CC(F)F)CC1. The number of benzene rings is 1. The van der Waals surface area contributed by atoms with Crippen molar-refractivity contribution in [1.29, 1.82) is 0 Å². The van der Waals surface area contributed by atoms with Crippen LogP contribution < -0.4 is 11.1 Å². The largest absolute Gasteiger partial charge is 0.404 e. The van der Waals surface area contributed by atoms with Gasteiger partial charge in [0.05, 0.1) is 12.3 Å². The van der Waals surface area contributed by atoms with E-state index >= 15 is 0 Å². The number of aliphatic imine (C=N–C) groups is 1. The van der Waals surface area contributed by atoms with Crippen LogP contribution >= 0.6 is 0 Å². The van der Waals surface area contributed by atoms with E-state index in [1.165, 1.54) is 19.3 Å². The molecule has 2 aliphatic heterocycles. The minimum absolute atomic E-state index is 0.150. The molecular weight excluding hydrogens is 458 g/mol. The third kappa shape index (κ3) is 6.68. The average Bonchev–Trinajstić information content (AvgIpc) is 2.89. The van der Waals surface area contributed by atoms with Crippen LogP contribution in [0.5, 0.6) is 0 Å². The molecule has 0 saturated carbocycles. The summed E-state index contributed by atoms with van der Waals surface area (Å²) in [6.45, 7) is 8.41. The van der Waals surface area contributed by atoms with E-state index < -0.39 is 6.43 Å². The number of hydrogen-bond donors (Lipinski definition) is 2. The van der Waals surface area contributed by atoms with Crippen molar-refractivity contribution in [3.05, 3.63) is 54.5 Å². The highest BCUT2D eigenvalue weighted by molar-refractivity contribution is 6.25. The highest BCUT2D eigenvalue weighted by Crippen LogP contribution is 2.28. The number of nitrogens with zero attached hydrogens (tertiary/aromatic N) is 4. The van der Waals surface area contributed by atoms with Crippen molar-refractivity contribution in [3.63, 3.8) is 0 Å². The van der Waals surface area contributed by atoms with Crippen molar-refractivity contribution in [1.82, 2.24) is 14.8 Å². The Morgan fingerprint density at radius 1 is 1.14 bits per heavy atom. The summed E-state index contributed by atoms with van der Waals surface area (Å²) in [4.78, 5) is 13.4. The van der Waals surface area contributed by atoms with E-state index in [9.17, 15) is 8.78 Å². The smallest absolute Gasteiger partial charge is 0.251 e. The summed E-state index contributed by atoms with van der Waals surface area (Å²) < 4.78 is 25.3. The van der Waals surface area contributed by atoms with E-state index in [4.69, 9.17) is 5.73 Å². The van der Waals surface area contributed by atoms with Crippen LogP contribution in [-0.2, 0) is 0 Å². The number of halogens is 2. The van der Waals surface area contributed by atoms with E-state index in [2.05, 4.69) is 45.0 Å². The van der Waals surface area contributed by atoms with Gasteiger partial charge in [0.15, 0.2) is 0 Å².